The minimum Gasteiger partial charge on any atom is -0.493 e. The third-order valence-corrected chi connectivity index (χ3v) is 3.64. The van der Waals surface area contributed by atoms with Crippen LogP contribution in [0.5, 0.6) is 17.2 Å². The summed E-state index contributed by atoms with van der Waals surface area (Å²) in [6.45, 7) is 0.708. The SMILES string of the molecule is COc1ccc(/C=C/C(=O)NCCOc2ccccc2Cl)cc1OC. The van der Waals surface area contributed by atoms with Crippen molar-refractivity contribution >= 4 is 23.6 Å². The van der Waals surface area contributed by atoms with E-state index in [1.54, 1.807) is 44.6 Å². The van der Waals surface area contributed by atoms with Crippen molar-refractivity contribution in [2.24, 2.45) is 0 Å². The Hall–Kier alpha value is -2.66. The molecule has 5 nitrogen and oxygen atoms in total. The van der Waals surface area contributed by atoms with E-state index in [0.29, 0.717) is 35.4 Å². The van der Waals surface area contributed by atoms with Crippen molar-refractivity contribution in [1.29, 1.82) is 0 Å². The minimum absolute atomic E-state index is 0.211. The summed E-state index contributed by atoms with van der Waals surface area (Å²) < 4.78 is 15.9. The second-order valence-electron chi connectivity index (χ2n) is 5.02. The van der Waals surface area contributed by atoms with Crippen molar-refractivity contribution in [3.05, 3.63) is 59.1 Å². The van der Waals surface area contributed by atoms with Crippen LogP contribution in [0.3, 0.4) is 0 Å². The van der Waals surface area contributed by atoms with Gasteiger partial charge in [0, 0.05) is 6.08 Å². The van der Waals surface area contributed by atoms with Gasteiger partial charge in [-0.05, 0) is 35.9 Å². The summed E-state index contributed by atoms with van der Waals surface area (Å²) in [6.07, 6.45) is 3.16. The number of amides is 1. The van der Waals surface area contributed by atoms with Crippen molar-refractivity contribution < 1.29 is 19.0 Å². The topological polar surface area (TPSA) is 56.8 Å². The zero-order chi connectivity index (χ0) is 18.1. The van der Waals surface area contributed by atoms with E-state index < -0.39 is 0 Å². The van der Waals surface area contributed by atoms with E-state index >= 15 is 0 Å². The molecule has 0 atom stereocenters. The van der Waals surface area contributed by atoms with Crippen LogP contribution in [-0.4, -0.2) is 33.3 Å². The summed E-state index contributed by atoms with van der Waals surface area (Å²) in [6, 6.07) is 12.6. The standard InChI is InChI=1S/C19H20ClNO4/c1-23-17-9-7-14(13-18(17)24-2)8-10-19(22)21-11-12-25-16-6-4-3-5-15(16)20/h3-10,13H,11-12H2,1-2H3,(H,21,22)/b10-8+. The summed E-state index contributed by atoms with van der Waals surface area (Å²) in [7, 11) is 3.14. The average molecular weight is 362 g/mol. The van der Waals surface area contributed by atoms with Crippen LogP contribution in [0.25, 0.3) is 6.08 Å². The first kappa shape index (κ1) is 18.7. The molecule has 2 aromatic carbocycles. The smallest absolute Gasteiger partial charge is 0.244 e. The summed E-state index contributed by atoms with van der Waals surface area (Å²) in [4.78, 5) is 11.8. The maximum atomic E-state index is 11.8. The molecular weight excluding hydrogens is 342 g/mol. The molecule has 2 rings (SSSR count). The number of para-hydroxylation sites is 1. The maximum Gasteiger partial charge on any atom is 0.244 e. The van der Waals surface area contributed by atoms with Gasteiger partial charge < -0.3 is 19.5 Å². The number of carbonyl (C=O) groups is 1. The third-order valence-electron chi connectivity index (χ3n) is 3.33. The van der Waals surface area contributed by atoms with Gasteiger partial charge in [-0.3, -0.25) is 4.79 Å². The maximum absolute atomic E-state index is 11.8. The normalized spacial score (nSPS) is 10.5. The Morgan fingerprint density at radius 1 is 1.08 bits per heavy atom. The molecule has 1 amide bonds. The van der Waals surface area contributed by atoms with E-state index in [9.17, 15) is 4.79 Å². The highest BCUT2D eigenvalue weighted by Gasteiger charge is 2.03. The molecule has 0 aliphatic heterocycles. The zero-order valence-corrected chi connectivity index (χ0v) is 14.9. The van der Waals surface area contributed by atoms with E-state index in [1.807, 2.05) is 18.2 Å². The van der Waals surface area contributed by atoms with Crippen LogP contribution in [0, 0.1) is 0 Å². The fraction of sp³-hybridized carbons (Fsp3) is 0.211. The van der Waals surface area contributed by atoms with Crippen LogP contribution >= 0.6 is 11.6 Å². The lowest BCUT2D eigenvalue weighted by molar-refractivity contribution is -0.116. The van der Waals surface area contributed by atoms with Gasteiger partial charge in [-0.15, -0.1) is 0 Å². The lowest BCUT2D eigenvalue weighted by Crippen LogP contribution is -2.26. The van der Waals surface area contributed by atoms with Crippen molar-refractivity contribution in [1.82, 2.24) is 5.32 Å². The molecule has 0 aliphatic rings. The molecule has 0 heterocycles. The minimum atomic E-state index is -0.211. The third kappa shape index (κ3) is 5.72. The molecular formula is C19H20ClNO4. The number of hydrogen-bond acceptors (Lipinski definition) is 4. The van der Waals surface area contributed by atoms with Gasteiger partial charge in [-0.1, -0.05) is 29.8 Å². The van der Waals surface area contributed by atoms with Crippen molar-refractivity contribution in [3.63, 3.8) is 0 Å². The highest BCUT2D eigenvalue weighted by Crippen LogP contribution is 2.28. The molecule has 0 aliphatic carbocycles. The van der Waals surface area contributed by atoms with Crippen molar-refractivity contribution in [2.45, 2.75) is 0 Å². The van der Waals surface area contributed by atoms with E-state index in [2.05, 4.69) is 5.32 Å². The second kappa shape index (κ2) is 9.59. The molecule has 0 fully saturated rings. The van der Waals surface area contributed by atoms with Crippen LogP contribution in [0.15, 0.2) is 48.5 Å². The number of rotatable bonds is 8. The number of benzene rings is 2. The predicted octanol–water partition coefficient (Wildman–Crippen LogP) is 3.57. The molecule has 1 N–H and O–H groups in total. The molecule has 0 aromatic heterocycles. The van der Waals surface area contributed by atoms with E-state index in [-0.39, 0.29) is 5.91 Å². The number of methoxy groups -OCH3 is 2. The molecule has 0 spiro atoms. The van der Waals surface area contributed by atoms with Crippen molar-refractivity contribution in [3.8, 4) is 17.2 Å². The van der Waals surface area contributed by atoms with Gasteiger partial charge in [0.15, 0.2) is 11.5 Å². The first-order valence-corrected chi connectivity index (χ1v) is 8.07. The fourth-order valence-corrected chi connectivity index (χ4v) is 2.27. The number of ether oxygens (including phenoxy) is 3. The molecule has 0 radical (unpaired) electrons. The first-order valence-electron chi connectivity index (χ1n) is 7.69. The Morgan fingerprint density at radius 2 is 1.84 bits per heavy atom. The summed E-state index contributed by atoms with van der Waals surface area (Å²) in [5.41, 5.74) is 0.833. The van der Waals surface area contributed by atoms with Gasteiger partial charge in [0.25, 0.3) is 0 Å². The lowest BCUT2D eigenvalue weighted by atomic mass is 10.2. The zero-order valence-electron chi connectivity index (χ0n) is 14.1. The number of hydrogen-bond donors (Lipinski definition) is 1. The Bertz CT molecular complexity index is 746. The van der Waals surface area contributed by atoms with Gasteiger partial charge in [-0.25, -0.2) is 0 Å². The van der Waals surface area contributed by atoms with Gasteiger partial charge >= 0.3 is 0 Å². The molecule has 25 heavy (non-hydrogen) atoms. The quantitative estimate of drug-likeness (QED) is 0.577. The number of halogens is 1. The molecule has 0 bridgehead atoms. The molecule has 6 heteroatoms. The number of carbonyl (C=O) groups excluding carboxylic acids is 1. The van der Waals surface area contributed by atoms with Crippen molar-refractivity contribution in [2.75, 3.05) is 27.4 Å². The molecule has 132 valence electrons. The Kier molecular flexibility index (Phi) is 7.16. The van der Waals surface area contributed by atoms with Gasteiger partial charge in [-0.2, -0.15) is 0 Å². The second-order valence-corrected chi connectivity index (χ2v) is 5.42. The van der Waals surface area contributed by atoms with E-state index in [4.69, 9.17) is 25.8 Å². The predicted molar refractivity (Wildman–Crippen MR) is 98.5 cm³/mol. The molecule has 0 saturated carbocycles. The Morgan fingerprint density at radius 3 is 2.56 bits per heavy atom. The van der Waals surface area contributed by atoms with Gasteiger partial charge in [0.2, 0.25) is 5.91 Å². The van der Waals surface area contributed by atoms with Gasteiger partial charge in [0.05, 0.1) is 25.8 Å². The highest BCUT2D eigenvalue weighted by molar-refractivity contribution is 6.32. The molecule has 2 aromatic rings. The monoisotopic (exact) mass is 361 g/mol. The summed E-state index contributed by atoms with van der Waals surface area (Å²) >= 11 is 5.99. The van der Waals surface area contributed by atoms with E-state index in [1.165, 1.54) is 6.08 Å². The van der Waals surface area contributed by atoms with Crippen LogP contribution in [0.1, 0.15) is 5.56 Å². The fourth-order valence-electron chi connectivity index (χ4n) is 2.08. The van der Waals surface area contributed by atoms with Gasteiger partial charge in [0.1, 0.15) is 12.4 Å². The number of nitrogens with one attached hydrogen (secondary N) is 1. The summed E-state index contributed by atoms with van der Waals surface area (Å²) in [5.74, 6) is 1.64. The molecule has 0 unspecified atom stereocenters. The first-order chi connectivity index (χ1) is 12.1. The average Bonchev–Trinajstić information content (AvgIpc) is 2.64. The lowest BCUT2D eigenvalue weighted by Gasteiger charge is -2.08. The highest BCUT2D eigenvalue weighted by atomic mass is 35.5. The van der Waals surface area contributed by atoms with E-state index in [0.717, 1.165) is 5.56 Å². The Labute approximate surface area is 152 Å². The summed E-state index contributed by atoms with van der Waals surface area (Å²) in [5, 5.41) is 3.29. The van der Waals surface area contributed by atoms with Crippen LogP contribution in [0.4, 0.5) is 0 Å². The Balaban J connectivity index is 1.80. The molecule has 0 saturated heterocycles. The largest absolute Gasteiger partial charge is 0.493 e. The van der Waals surface area contributed by atoms with Crippen LogP contribution < -0.4 is 19.5 Å². The van der Waals surface area contributed by atoms with Crippen LogP contribution in [0.2, 0.25) is 5.02 Å². The van der Waals surface area contributed by atoms with Crippen LogP contribution in [-0.2, 0) is 4.79 Å².